The van der Waals surface area contributed by atoms with Gasteiger partial charge in [0.05, 0.1) is 23.1 Å². The van der Waals surface area contributed by atoms with Crippen LogP contribution in [0.2, 0.25) is 5.02 Å². The first-order chi connectivity index (χ1) is 13.6. The second-order valence-corrected chi connectivity index (χ2v) is 7.05. The third-order valence-corrected chi connectivity index (χ3v) is 4.94. The molecule has 0 saturated heterocycles. The lowest BCUT2D eigenvalue weighted by atomic mass is 10.0. The third-order valence-electron chi connectivity index (χ3n) is 4.69. The summed E-state index contributed by atoms with van der Waals surface area (Å²) in [5, 5.41) is 11.4. The van der Waals surface area contributed by atoms with Crippen molar-refractivity contribution >= 4 is 22.5 Å². The highest BCUT2D eigenvalue weighted by molar-refractivity contribution is 6.30. The van der Waals surface area contributed by atoms with Crippen LogP contribution in [0.25, 0.3) is 22.0 Å². The quantitative estimate of drug-likeness (QED) is 0.464. The van der Waals surface area contributed by atoms with E-state index >= 15 is 0 Å². The minimum atomic E-state index is -0.149. The van der Waals surface area contributed by atoms with Gasteiger partial charge >= 0.3 is 0 Å². The van der Waals surface area contributed by atoms with Crippen molar-refractivity contribution in [1.29, 1.82) is 0 Å². The molecule has 1 atom stereocenters. The highest BCUT2D eigenvalue weighted by Crippen LogP contribution is 2.22. The van der Waals surface area contributed by atoms with Crippen molar-refractivity contribution in [3.63, 3.8) is 0 Å². The Labute approximate surface area is 167 Å². The van der Waals surface area contributed by atoms with Crippen molar-refractivity contribution in [2.45, 2.75) is 19.4 Å². The molecule has 2 aromatic heterocycles. The number of aromatic nitrogens is 4. The van der Waals surface area contributed by atoms with E-state index < -0.39 is 0 Å². The molecule has 4 rings (SSSR count). The van der Waals surface area contributed by atoms with Gasteiger partial charge in [-0.05, 0) is 48.4 Å². The summed E-state index contributed by atoms with van der Waals surface area (Å²) < 4.78 is 0. The zero-order valence-electron chi connectivity index (χ0n) is 15.4. The smallest absolute Gasteiger partial charge is 0.258 e. The maximum absolute atomic E-state index is 12.8. The summed E-state index contributed by atoms with van der Waals surface area (Å²) in [7, 11) is 0. The number of aromatic amines is 2. The Balaban J connectivity index is 1.70. The summed E-state index contributed by atoms with van der Waals surface area (Å²) in [4.78, 5) is 20.4. The maximum Gasteiger partial charge on any atom is 0.258 e. The highest BCUT2D eigenvalue weighted by atomic mass is 35.5. The van der Waals surface area contributed by atoms with Gasteiger partial charge in [-0.25, -0.2) is 4.98 Å². The van der Waals surface area contributed by atoms with Crippen LogP contribution in [-0.2, 0) is 6.42 Å². The molecule has 3 N–H and O–H groups in total. The largest absolute Gasteiger partial charge is 0.309 e. The molecular weight excluding hydrogens is 374 g/mol. The van der Waals surface area contributed by atoms with Crippen LogP contribution in [0.4, 0.5) is 0 Å². The lowest BCUT2D eigenvalue weighted by Gasteiger charge is -2.18. The molecule has 28 heavy (non-hydrogen) atoms. The van der Waals surface area contributed by atoms with Crippen LogP contribution in [0.15, 0.2) is 59.7 Å². The van der Waals surface area contributed by atoms with Crippen LogP contribution in [0.3, 0.4) is 0 Å². The number of likely N-dealkylation sites (N-methyl/N-ethyl adjacent to an activating group) is 1. The SMILES string of the molecule is CCN[C@H](Cc1ccc(Cl)cc1)c1nc2ccc(-c3cn[nH]c3)cc2c(=O)[nH]1. The molecule has 0 fully saturated rings. The fraction of sp³-hybridized carbons (Fsp3) is 0.190. The number of nitrogens with one attached hydrogen (secondary N) is 3. The summed E-state index contributed by atoms with van der Waals surface area (Å²) in [6.45, 7) is 2.80. The van der Waals surface area contributed by atoms with Gasteiger partial charge in [-0.2, -0.15) is 5.10 Å². The standard InChI is InChI=1S/C21H20ClN5O/c1-2-23-19(9-13-3-6-16(22)7-4-13)20-26-18-8-5-14(15-11-24-25-12-15)10-17(18)21(28)27-20/h3-8,10-12,19,23H,2,9H2,1H3,(H,24,25)(H,26,27,28)/t19-/m1/s1. The van der Waals surface area contributed by atoms with Gasteiger partial charge in [-0.3, -0.25) is 9.89 Å². The van der Waals surface area contributed by atoms with Crippen LogP contribution in [-0.4, -0.2) is 26.7 Å². The molecular formula is C21H20ClN5O. The number of benzene rings is 2. The number of H-pyrrole nitrogens is 2. The molecule has 7 heteroatoms. The lowest BCUT2D eigenvalue weighted by Crippen LogP contribution is -2.27. The number of hydrogen-bond acceptors (Lipinski definition) is 4. The molecule has 4 aromatic rings. The molecule has 0 aliphatic rings. The second kappa shape index (κ2) is 7.96. The van der Waals surface area contributed by atoms with Gasteiger partial charge in [0.25, 0.3) is 5.56 Å². The topological polar surface area (TPSA) is 86.5 Å². The molecule has 0 aliphatic carbocycles. The van der Waals surface area contributed by atoms with Crippen molar-refractivity contribution in [3.05, 3.63) is 81.6 Å². The fourth-order valence-corrected chi connectivity index (χ4v) is 3.40. The normalized spacial score (nSPS) is 12.4. The molecule has 0 aliphatic heterocycles. The first-order valence-electron chi connectivity index (χ1n) is 9.15. The van der Waals surface area contributed by atoms with Gasteiger partial charge in [-0.15, -0.1) is 0 Å². The van der Waals surface area contributed by atoms with E-state index in [2.05, 4.69) is 20.5 Å². The van der Waals surface area contributed by atoms with Crippen LogP contribution in [0, 0.1) is 0 Å². The first kappa shape index (κ1) is 18.4. The van der Waals surface area contributed by atoms with Crippen LogP contribution in [0.5, 0.6) is 0 Å². The van der Waals surface area contributed by atoms with E-state index in [1.54, 1.807) is 12.4 Å². The van der Waals surface area contributed by atoms with Gasteiger partial charge in [0, 0.05) is 16.8 Å². The average Bonchev–Trinajstić information content (AvgIpc) is 3.24. The highest BCUT2D eigenvalue weighted by Gasteiger charge is 2.16. The Morgan fingerprint density at radius 3 is 2.68 bits per heavy atom. The fourth-order valence-electron chi connectivity index (χ4n) is 3.28. The molecule has 2 aromatic carbocycles. The van der Waals surface area contributed by atoms with E-state index in [4.69, 9.17) is 16.6 Å². The molecule has 6 nitrogen and oxygen atoms in total. The Morgan fingerprint density at radius 2 is 1.96 bits per heavy atom. The number of halogens is 1. The van der Waals surface area contributed by atoms with E-state index in [1.165, 1.54) is 0 Å². The molecule has 0 spiro atoms. The van der Waals surface area contributed by atoms with Crippen molar-refractivity contribution < 1.29 is 0 Å². The van der Waals surface area contributed by atoms with Crippen molar-refractivity contribution in [1.82, 2.24) is 25.5 Å². The number of fused-ring (bicyclic) bond motifs is 1. The minimum absolute atomic E-state index is 0.100. The van der Waals surface area contributed by atoms with Crippen LogP contribution >= 0.6 is 11.6 Å². The second-order valence-electron chi connectivity index (χ2n) is 6.61. The molecule has 0 saturated carbocycles. The van der Waals surface area contributed by atoms with E-state index in [1.807, 2.05) is 49.4 Å². The van der Waals surface area contributed by atoms with Crippen molar-refractivity contribution in [2.24, 2.45) is 0 Å². The van der Waals surface area contributed by atoms with E-state index in [9.17, 15) is 4.79 Å². The molecule has 0 radical (unpaired) electrons. The maximum atomic E-state index is 12.8. The molecule has 0 amide bonds. The number of hydrogen-bond donors (Lipinski definition) is 3. The van der Waals surface area contributed by atoms with Gasteiger partial charge in [0.2, 0.25) is 0 Å². The van der Waals surface area contributed by atoms with E-state index in [-0.39, 0.29) is 11.6 Å². The summed E-state index contributed by atoms with van der Waals surface area (Å²) in [6, 6.07) is 13.3. The first-order valence-corrected chi connectivity index (χ1v) is 9.53. The minimum Gasteiger partial charge on any atom is -0.309 e. The van der Waals surface area contributed by atoms with Gasteiger partial charge < -0.3 is 10.3 Å². The van der Waals surface area contributed by atoms with Gasteiger partial charge in [0.1, 0.15) is 5.82 Å². The summed E-state index contributed by atoms with van der Waals surface area (Å²) >= 11 is 5.98. The van der Waals surface area contributed by atoms with Gasteiger partial charge in [-0.1, -0.05) is 36.7 Å². The zero-order valence-corrected chi connectivity index (χ0v) is 16.1. The average molecular weight is 394 g/mol. The van der Waals surface area contributed by atoms with Crippen molar-refractivity contribution in [3.8, 4) is 11.1 Å². The summed E-state index contributed by atoms with van der Waals surface area (Å²) in [6.07, 6.45) is 4.22. The van der Waals surface area contributed by atoms with E-state index in [0.717, 1.165) is 23.2 Å². The third kappa shape index (κ3) is 3.83. The van der Waals surface area contributed by atoms with Crippen LogP contribution in [0.1, 0.15) is 24.4 Å². The van der Waals surface area contributed by atoms with Gasteiger partial charge in [0.15, 0.2) is 0 Å². The number of rotatable bonds is 6. The Hall–Kier alpha value is -2.96. The predicted octanol–water partition coefficient (Wildman–Crippen LogP) is 3.86. The predicted molar refractivity (Wildman–Crippen MR) is 112 cm³/mol. The van der Waals surface area contributed by atoms with Crippen molar-refractivity contribution in [2.75, 3.05) is 6.54 Å². The Bertz CT molecular complexity index is 1140. The molecule has 142 valence electrons. The number of nitrogens with zero attached hydrogens (tertiary/aromatic N) is 2. The zero-order chi connectivity index (χ0) is 19.5. The lowest BCUT2D eigenvalue weighted by molar-refractivity contribution is 0.522. The monoisotopic (exact) mass is 393 g/mol. The van der Waals surface area contributed by atoms with Crippen LogP contribution < -0.4 is 10.9 Å². The summed E-state index contributed by atoms with van der Waals surface area (Å²) in [5.41, 5.74) is 3.49. The van der Waals surface area contributed by atoms with E-state index in [0.29, 0.717) is 28.2 Å². The molecule has 2 heterocycles. The molecule has 0 unspecified atom stereocenters. The molecule has 0 bridgehead atoms. The Morgan fingerprint density at radius 1 is 1.14 bits per heavy atom. The Kier molecular flexibility index (Phi) is 5.23. The summed E-state index contributed by atoms with van der Waals surface area (Å²) in [5.74, 6) is 0.630.